The minimum absolute atomic E-state index is 1.02. The molecule has 10 aromatic rings. The van der Waals surface area contributed by atoms with Gasteiger partial charge in [0, 0.05) is 0 Å². The zero-order chi connectivity index (χ0) is 56.7. The average molecular weight is 1160 g/mol. The number of rotatable bonds is 20. The molecule has 4 unspecified atom stereocenters. The molecule has 4 atom stereocenters. The van der Waals surface area contributed by atoms with Crippen molar-refractivity contribution in [2.24, 2.45) is 0 Å². The lowest BCUT2D eigenvalue weighted by Gasteiger charge is -2.39. The van der Waals surface area contributed by atoms with E-state index in [0.717, 1.165) is 63.0 Å². The Morgan fingerprint density at radius 2 is 0.321 bits per heavy atom. The molecule has 5 nitrogen and oxygen atoms in total. The number of aryl methyl sites for hydroxylation is 10. The Balaban J connectivity index is 1.16. The third-order valence-corrected chi connectivity index (χ3v) is 36.5. The summed E-state index contributed by atoms with van der Waals surface area (Å²) in [4.78, 5) is 0. The zero-order valence-corrected chi connectivity index (χ0v) is 55.1. The molecule has 0 heterocycles. The van der Waals surface area contributed by atoms with Crippen molar-refractivity contribution < 1.29 is 20.6 Å². The molecule has 0 aliphatic heterocycles. The molecule has 0 saturated heterocycles. The summed E-state index contributed by atoms with van der Waals surface area (Å²) < 4.78 is 40.6. The highest BCUT2D eigenvalue weighted by Crippen LogP contribution is 2.20. The van der Waals surface area contributed by atoms with Crippen LogP contribution in [0.2, 0.25) is 0 Å². The van der Waals surface area contributed by atoms with Gasteiger partial charge in [-0.3, -0.25) is 0 Å². The molecule has 0 spiro atoms. The molecule has 0 radical (unpaired) electrons. The van der Waals surface area contributed by atoms with Crippen molar-refractivity contribution in [1.29, 1.82) is 0 Å². The van der Waals surface area contributed by atoms with E-state index < -0.39 is 53.8 Å². The van der Waals surface area contributed by atoms with Crippen molar-refractivity contribution in [1.82, 2.24) is 0 Å². The third kappa shape index (κ3) is 13.3. The van der Waals surface area contributed by atoms with Gasteiger partial charge in [-0.2, -0.15) is 0 Å². The topological polar surface area (TPSA) is 46.2 Å². The zero-order valence-electron chi connectivity index (χ0n) is 48.4. The van der Waals surface area contributed by atoms with Crippen LogP contribution in [0, 0.1) is 69.2 Å². The molecule has 0 fully saturated rings. The third-order valence-electron chi connectivity index (χ3n) is 15.5. The standard InChI is InChI=1S/C70H74O5Si6/c1-51-11-31-61(32-12-51)76(72-78(63-35-15-53(3)16-36-63)74-80(65-39-19-55(5)20-40-65,66-41-21-56(6)22-42-66)67-43-23-57(7)24-44-67)71-77(62-33-13-52(2)14-34-62)73-79(64-37-17-54(4)18-38-64)75-81(68-45-25-58(8)26-46-68,69-47-27-59(9)28-48-69)70-49-29-60(10)30-50-70/h11-50,76-79H,1-10H3. The van der Waals surface area contributed by atoms with Crippen molar-refractivity contribution >= 4 is 106 Å². The Bertz CT molecular complexity index is 3170. The summed E-state index contributed by atoms with van der Waals surface area (Å²) in [5.74, 6) is 0. The first-order valence-electron chi connectivity index (χ1n) is 28.2. The van der Waals surface area contributed by atoms with Crippen molar-refractivity contribution in [3.05, 3.63) is 298 Å². The summed E-state index contributed by atoms with van der Waals surface area (Å²) in [7, 11) is -18.8. The van der Waals surface area contributed by atoms with E-state index in [1.54, 1.807) is 0 Å². The molecule has 0 aromatic heterocycles. The molecule has 81 heavy (non-hydrogen) atoms. The molecule has 0 aliphatic carbocycles. The maximum absolute atomic E-state index is 8.29. The van der Waals surface area contributed by atoms with Crippen LogP contribution < -0.4 is 51.9 Å². The lowest BCUT2D eigenvalue weighted by Crippen LogP contribution is -2.73. The van der Waals surface area contributed by atoms with E-state index >= 15 is 0 Å². The average Bonchev–Trinajstić information content (AvgIpc) is 3.56. The Labute approximate surface area is 490 Å². The summed E-state index contributed by atoms with van der Waals surface area (Å²) in [5, 5.41) is 11.1. The highest BCUT2D eigenvalue weighted by Gasteiger charge is 2.48. The van der Waals surface area contributed by atoms with E-state index in [2.05, 4.69) is 312 Å². The first-order chi connectivity index (χ1) is 39.1. The lowest BCUT2D eigenvalue weighted by molar-refractivity contribution is 0.350. The Morgan fingerprint density at radius 3 is 0.494 bits per heavy atom. The quantitative estimate of drug-likeness (QED) is 0.0573. The first kappa shape index (κ1) is 57.5. The molecule has 10 rings (SSSR count). The van der Waals surface area contributed by atoms with Gasteiger partial charge in [-0.05, 0) is 121 Å². The molecule has 10 aromatic carbocycles. The van der Waals surface area contributed by atoms with Gasteiger partial charge in [-0.15, -0.1) is 0 Å². The number of hydrogen-bond acceptors (Lipinski definition) is 5. The van der Waals surface area contributed by atoms with Crippen molar-refractivity contribution in [3.63, 3.8) is 0 Å². The van der Waals surface area contributed by atoms with E-state index in [0.29, 0.717) is 0 Å². The van der Waals surface area contributed by atoms with Gasteiger partial charge in [-0.25, -0.2) is 0 Å². The lowest BCUT2D eigenvalue weighted by atomic mass is 10.2. The smallest absolute Gasteiger partial charge is 0.338 e. The van der Waals surface area contributed by atoms with E-state index in [4.69, 9.17) is 20.6 Å². The number of hydrogen-bond donors (Lipinski definition) is 0. The van der Waals surface area contributed by atoms with Gasteiger partial charge >= 0.3 is 37.1 Å². The van der Waals surface area contributed by atoms with Crippen LogP contribution in [0.5, 0.6) is 0 Å². The van der Waals surface area contributed by atoms with Gasteiger partial charge in [-0.1, -0.05) is 298 Å². The maximum atomic E-state index is 8.29. The van der Waals surface area contributed by atoms with Crippen LogP contribution in [0.15, 0.2) is 243 Å². The first-order valence-corrected chi connectivity index (χ1v) is 38.1. The second kappa shape index (κ2) is 25.6. The Kier molecular flexibility index (Phi) is 18.2. The molecule has 408 valence electrons. The molecule has 0 saturated carbocycles. The molecule has 0 bridgehead atoms. The van der Waals surface area contributed by atoms with Gasteiger partial charge in [0.05, 0.1) is 0 Å². The van der Waals surface area contributed by atoms with Crippen LogP contribution in [0.25, 0.3) is 0 Å². The van der Waals surface area contributed by atoms with Crippen LogP contribution in [0.4, 0.5) is 0 Å². The van der Waals surface area contributed by atoms with Crippen LogP contribution in [-0.4, -0.2) is 53.8 Å². The van der Waals surface area contributed by atoms with Gasteiger partial charge in [0.25, 0.3) is 16.6 Å². The fraction of sp³-hybridized carbons (Fsp3) is 0.143. The van der Waals surface area contributed by atoms with Crippen molar-refractivity contribution in [2.45, 2.75) is 69.2 Å². The predicted molar refractivity (Wildman–Crippen MR) is 354 cm³/mol. The molecule has 0 N–H and O–H groups in total. The summed E-state index contributed by atoms with van der Waals surface area (Å²) >= 11 is 0. The summed E-state index contributed by atoms with van der Waals surface area (Å²) in [6.07, 6.45) is 0. The van der Waals surface area contributed by atoms with Gasteiger partial charge in [0.15, 0.2) is 0 Å². The second-order valence-corrected chi connectivity index (χ2v) is 38.8. The molecular weight excluding hydrogens is 1090 g/mol. The van der Waals surface area contributed by atoms with E-state index in [1.807, 2.05) is 0 Å². The van der Waals surface area contributed by atoms with Crippen LogP contribution in [-0.2, 0) is 20.6 Å². The van der Waals surface area contributed by atoms with Crippen LogP contribution in [0.3, 0.4) is 0 Å². The minimum atomic E-state index is -3.37. The molecular formula is C70H74O5Si6. The normalized spacial score (nSPS) is 13.4. The predicted octanol–water partition coefficient (Wildman–Crippen LogP) is 8.00. The molecule has 11 heteroatoms. The van der Waals surface area contributed by atoms with Crippen molar-refractivity contribution in [3.8, 4) is 0 Å². The van der Waals surface area contributed by atoms with E-state index in [9.17, 15) is 0 Å². The largest absolute Gasteiger partial charge is 0.424 e. The van der Waals surface area contributed by atoms with E-state index in [1.165, 1.54) is 44.5 Å². The second-order valence-electron chi connectivity index (χ2n) is 22.2. The summed E-state index contributed by atoms with van der Waals surface area (Å²) in [5.41, 5.74) is 11.8. The Hall–Kier alpha value is -6.70. The van der Waals surface area contributed by atoms with Crippen molar-refractivity contribution in [2.75, 3.05) is 0 Å². The van der Waals surface area contributed by atoms with Crippen LogP contribution in [0.1, 0.15) is 55.6 Å². The Morgan fingerprint density at radius 1 is 0.185 bits per heavy atom. The SMILES string of the molecule is Cc1ccc([SiH](O[SiH](O[SiH](O[Si](c2ccc(C)cc2)(c2ccc(C)cc2)c2ccc(C)cc2)c2ccc(C)cc2)c2ccc(C)cc2)O[SiH](O[Si](c2ccc(C)cc2)(c2ccc(C)cc2)c2ccc(C)cc2)c2ccc(C)cc2)cc1. The van der Waals surface area contributed by atoms with Gasteiger partial charge in [0.1, 0.15) is 0 Å². The van der Waals surface area contributed by atoms with Gasteiger partial charge in [0.2, 0.25) is 0 Å². The molecule has 0 amide bonds. The fourth-order valence-corrected chi connectivity index (χ4v) is 34.8. The van der Waals surface area contributed by atoms with Crippen LogP contribution >= 0.6 is 0 Å². The highest BCUT2D eigenvalue weighted by atomic mass is 28.5. The maximum Gasteiger partial charge on any atom is 0.338 e. The monoisotopic (exact) mass is 1160 g/mol. The molecule has 0 aliphatic rings. The number of benzene rings is 10. The van der Waals surface area contributed by atoms with Gasteiger partial charge < -0.3 is 20.6 Å². The minimum Gasteiger partial charge on any atom is -0.424 e. The van der Waals surface area contributed by atoms with E-state index in [-0.39, 0.29) is 0 Å². The highest BCUT2D eigenvalue weighted by molar-refractivity contribution is 7.11. The fourth-order valence-electron chi connectivity index (χ4n) is 10.4. The summed E-state index contributed by atoms with van der Waals surface area (Å²) in [6, 6.07) is 89.2. The summed E-state index contributed by atoms with van der Waals surface area (Å²) in [6.45, 7) is 21.4.